The van der Waals surface area contributed by atoms with Crippen molar-refractivity contribution in [1.29, 1.82) is 0 Å². The molecule has 5 heteroatoms. The van der Waals surface area contributed by atoms with Gasteiger partial charge in [-0.05, 0) is 18.1 Å². The molecule has 1 unspecified atom stereocenters. The lowest BCUT2D eigenvalue weighted by atomic mass is 10.1. The van der Waals surface area contributed by atoms with Crippen LogP contribution in [0.25, 0.3) is 0 Å². The number of aliphatic carboxylic acids is 1. The van der Waals surface area contributed by atoms with E-state index in [2.05, 4.69) is 0 Å². The summed E-state index contributed by atoms with van der Waals surface area (Å²) in [6, 6.07) is 7.85. The number of likely N-dealkylation sites (tertiary alicyclic amines) is 1. The Morgan fingerprint density at radius 3 is 2.55 bits per heavy atom. The number of carboxylic acids is 1. The average molecular weight is 277 g/mol. The molecule has 0 radical (unpaired) electrons. The Kier molecular flexibility index (Phi) is 4.74. The van der Waals surface area contributed by atoms with Gasteiger partial charge in [0.15, 0.2) is 0 Å². The molecule has 0 aliphatic carbocycles. The predicted octanol–water partition coefficient (Wildman–Crippen LogP) is 1.66. The number of ether oxygens (including phenoxy) is 1. The second-order valence-corrected chi connectivity index (χ2v) is 4.97. The normalized spacial score (nSPS) is 18.6. The zero-order valence-electron chi connectivity index (χ0n) is 11.5. The SMILES string of the molecule is CCOCc1ccc(CN2CC(C(=O)O)CC2=O)cc1. The second kappa shape index (κ2) is 6.52. The van der Waals surface area contributed by atoms with Gasteiger partial charge in [0, 0.05) is 26.1 Å². The van der Waals surface area contributed by atoms with E-state index in [1.165, 1.54) is 0 Å². The quantitative estimate of drug-likeness (QED) is 0.858. The molecule has 0 bridgehead atoms. The van der Waals surface area contributed by atoms with Gasteiger partial charge in [0.1, 0.15) is 0 Å². The molecule has 1 fully saturated rings. The van der Waals surface area contributed by atoms with Gasteiger partial charge in [-0.15, -0.1) is 0 Å². The highest BCUT2D eigenvalue weighted by Crippen LogP contribution is 2.20. The lowest BCUT2D eigenvalue weighted by molar-refractivity contribution is -0.141. The smallest absolute Gasteiger partial charge is 0.308 e. The van der Waals surface area contributed by atoms with E-state index in [1.807, 2.05) is 31.2 Å². The Bertz CT molecular complexity index is 483. The molecule has 1 aliphatic heterocycles. The van der Waals surface area contributed by atoms with Crippen molar-refractivity contribution in [2.75, 3.05) is 13.2 Å². The maximum atomic E-state index is 11.7. The number of hydrogen-bond donors (Lipinski definition) is 1. The summed E-state index contributed by atoms with van der Waals surface area (Å²) >= 11 is 0. The number of rotatable bonds is 6. The van der Waals surface area contributed by atoms with Gasteiger partial charge >= 0.3 is 5.97 Å². The third-order valence-corrected chi connectivity index (χ3v) is 3.43. The Morgan fingerprint density at radius 2 is 2.00 bits per heavy atom. The van der Waals surface area contributed by atoms with Gasteiger partial charge in [-0.25, -0.2) is 0 Å². The van der Waals surface area contributed by atoms with E-state index in [0.717, 1.165) is 11.1 Å². The molecular weight excluding hydrogens is 258 g/mol. The van der Waals surface area contributed by atoms with E-state index >= 15 is 0 Å². The summed E-state index contributed by atoms with van der Waals surface area (Å²) in [5.74, 6) is -1.55. The third-order valence-electron chi connectivity index (χ3n) is 3.43. The van der Waals surface area contributed by atoms with Crippen molar-refractivity contribution >= 4 is 11.9 Å². The van der Waals surface area contributed by atoms with Crippen LogP contribution in [0.15, 0.2) is 24.3 Å². The summed E-state index contributed by atoms with van der Waals surface area (Å²) in [6.07, 6.45) is 0.109. The first kappa shape index (κ1) is 14.5. The fraction of sp³-hybridized carbons (Fsp3) is 0.467. The van der Waals surface area contributed by atoms with E-state index in [0.29, 0.717) is 26.3 Å². The fourth-order valence-corrected chi connectivity index (χ4v) is 2.27. The van der Waals surface area contributed by atoms with E-state index < -0.39 is 11.9 Å². The number of nitrogens with zero attached hydrogens (tertiary/aromatic N) is 1. The van der Waals surface area contributed by atoms with Crippen LogP contribution in [0.4, 0.5) is 0 Å². The summed E-state index contributed by atoms with van der Waals surface area (Å²) in [4.78, 5) is 24.2. The first-order chi connectivity index (χ1) is 9.60. The zero-order chi connectivity index (χ0) is 14.5. The number of benzene rings is 1. The number of amides is 1. The van der Waals surface area contributed by atoms with Crippen LogP contribution in [0.2, 0.25) is 0 Å². The largest absolute Gasteiger partial charge is 0.481 e. The highest BCUT2D eigenvalue weighted by Gasteiger charge is 2.33. The molecular formula is C15H19NO4. The van der Waals surface area contributed by atoms with Crippen LogP contribution >= 0.6 is 0 Å². The van der Waals surface area contributed by atoms with Gasteiger partial charge in [-0.3, -0.25) is 9.59 Å². The fourth-order valence-electron chi connectivity index (χ4n) is 2.27. The lowest BCUT2D eigenvalue weighted by Crippen LogP contribution is -2.25. The molecule has 1 aliphatic rings. The number of hydrogen-bond acceptors (Lipinski definition) is 3. The minimum atomic E-state index is -0.895. The Balaban J connectivity index is 1.93. The molecule has 2 rings (SSSR count). The second-order valence-electron chi connectivity index (χ2n) is 4.97. The van der Waals surface area contributed by atoms with Gasteiger partial charge in [-0.1, -0.05) is 24.3 Å². The highest BCUT2D eigenvalue weighted by molar-refractivity contribution is 5.86. The topological polar surface area (TPSA) is 66.8 Å². The van der Waals surface area contributed by atoms with Crippen molar-refractivity contribution in [2.45, 2.75) is 26.5 Å². The van der Waals surface area contributed by atoms with Crippen LogP contribution in [0.5, 0.6) is 0 Å². The van der Waals surface area contributed by atoms with E-state index in [4.69, 9.17) is 9.84 Å². The van der Waals surface area contributed by atoms with Crippen molar-refractivity contribution in [3.63, 3.8) is 0 Å². The summed E-state index contributed by atoms with van der Waals surface area (Å²) in [6.45, 7) is 3.99. The zero-order valence-corrected chi connectivity index (χ0v) is 11.5. The van der Waals surface area contributed by atoms with E-state index in [1.54, 1.807) is 4.90 Å². The summed E-state index contributed by atoms with van der Waals surface area (Å²) in [5, 5.41) is 8.94. The summed E-state index contributed by atoms with van der Waals surface area (Å²) < 4.78 is 5.32. The van der Waals surface area contributed by atoms with Crippen LogP contribution in [0.1, 0.15) is 24.5 Å². The van der Waals surface area contributed by atoms with Crippen LogP contribution in [-0.4, -0.2) is 35.0 Å². The monoisotopic (exact) mass is 277 g/mol. The molecule has 108 valence electrons. The van der Waals surface area contributed by atoms with Crippen molar-refractivity contribution in [2.24, 2.45) is 5.92 Å². The molecule has 0 aromatic heterocycles. The number of carboxylic acid groups (broad SMARTS) is 1. The summed E-state index contributed by atoms with van der Waals surface area (Å²) in [7, 11) is 0. The van der Waals surface area contributed by atoms with Crippen molar-refractivity contribution < 1.29 is 19.4 Å². The molecule has 5 nitrogen and oxygen atoms in total. The van der Waals surface area contributed by atoms with Gasteiger partial charge in [0.25, 0.3) is 0 Å². The van der Waals surface area contributed by atoms with Crippen LogP contribution in [0, 0.1) is 5.92 Å². The van der Waals surface area contributed by atoms with E-state index in [-0.39, 0.29) is 12.3 Å². The van der Waals surface area contributed by atoms with Gasteiger partial charge in [0.2, 0.25) is 5.91 Å². The highest BCUT2D eigenvalue weighted by atomic mass is 16.5. The van der Waals surface area contributed by atoms with Crippen LogP contribution in [-0.2, 0) is 27.5 Å². The summed E-state index contributed by atoms with van der Waals surface area (Å²) in [5.41, 5.74) is 2.09. The average Bonchev–Trinajstić information content (AvgIpc) is 2.80. The molecule has 0 saturated carbocycles. The standard InChI is InChI=1S/C15H19NO4/c1-2-20-10-12-5-3-11(4-6-12)8-16-9-13(15(18)19)7-14(16)17/h3-6,13H,2,7-10H2,1H3,(H,18,19). The van der Waals surface area contributed by atoms with E-state index in [9.17, 15) is 9.59 Å². The first-order valence-electron chi connectivity index (χ1n) is 6.76. The maximum absolute atomic E-state index is 11.7. The lowest BCUT2D eigenvalue weighted by Gasteiger charge is -2.16. The first-order valence-corrected chi connectivity index (χ1v) is 6.76. The molecule has 1 aromatic rings. The Morgan fingerprint density at radius 1 is 1.35 bits per heavy atom. The molecule has 20 heavy (non-hydrogen) atoms. The van der Waals surface area contributed by atoms with Crippen LogP contribution < -0.4 is 0 Å². The number of carbonyl (C=O) groups excluding carboxylic acids is 1. The van der Waals surface area contributed by atoms with Crippen molar-refractivity contribution in [1.82, 2.24) is 4.90 Å². The Labute approximate surface area is 118 Å². The molecule has 0 spiro atoms. The minimum Gasteiger partial charge on any atom is -0.481 e. The molecule has 1 atom stereocenters. The third kappa shape index (κ3) is 3.57. The maximum Gasteiger partial charge on any atom is 0.308 e. The minimum absolute atomic E-state index is 0.0872. The molecule has 1 amide bonds. The van der Waals surface area contributed by atoms with Crippen molar-refractivity contribution in [3.8, 4) is 0 Å². The predicted molar refractivity (Wildman–Crippen MR) is 72.9 cm³/mol. The van der Waals surface area contributed by atoms with Gasteiger partial charge in [0.05, 0.1) is 12.5 Å². The Hall–Kier alpha value is -1.88. The van der Waals surface area contributed by atoms with Gasteiger partial charge in [-0.2, -0.15) is 0 Å². The number of carbonyl (C=O) groups is 2. The van der Waals surface area contributed by atoms with Crippen molar-refractivity contribution in [3.05, 3.63) is 35.4 Å². The van der Waals surface area contributed by atoms with Gasteiger partial charge < -0.3 is 14.7 Å². The molecule has 1 N–H and O–H groups in total. The molecule has 1 saturated heterocycles. The van der Waals surface area contributed by atoms with Crippen LogP contribution in [0.3, 0.4) is 0 Å². The molecule has 1 aromatic carbocycles. The molecule has 1 heterocycles.